The monoisotopic (exact) mass is 330 g/mol. The molecule has 2 amide bonds. The molecule has 2 N–H and O–H groups in total. The summed E-state index contributed by atoms with van der Waals surface area (Å²) in [5.41, 5.74) is 1.28. The predicted molar refractivity (Wildman–Crippen MR) is 92.7 cm³/mol. The van der Waals surface area contributed by atoms with Gasteiger partial charge >= 0.3 is 6.03 Å². The largest absolute Gasteiger partial charge is 0.339 e. The molecule has 0 unspecified atom stereocenters. The van der Waals surface area contributed by atoms with Crippen molar-refractivity contribution in [3.8, 4) is 0 Å². The zero-order chi connectivity index (χ0) is 17.4. The first-order chi connectivity index (χ1) is 11.4. The van der Waals surface area contributed by atoms with Crippen LogP contribution < -0.4 is 10.6 Å². The van der Waals surface area contributed by atoms with Crippen LogP contribution in [0.15, 0.2) is 34.9 Å². The van der Waals surface area contributed by atoms with E-state index in [9.17, 15) is 4.79 Å². The lowest BCUT2D eigenvalue weighted by Crippen LogP contribution is -2.41. The first kappa shape index (κ1) is 18.0. The molecule has 0 saturated heterocycles. The van der Waals surface area contributed by atoms with E-state index >= 15 is 0 Å². The number of carbonyl (C=O) groups excluding carboxylic acids is 1. The molecule has 24 heavy (non-hydrogen) atoms. The second kappa shape index (κ2) is 8.47. The normalized spacial score (nSPS) is 11.3. The van der Waals surface area contributed by atoms with Crippen LogP contribution in [0, 0.1) is 12.3 Å². The number of nitrogens with zero attached hydrogens (tertiary/aromatic N) is 2. The Kier molecular flexibility index (Phi) is 6.35. The van der Waals surface area contributed by atoms with Crippen molar-refractivity contribution in [1.29, 1.82) is 0 Å². The summed E-state index contributed by atoms with van der Waals surface area (Å²) in [6.45, 7) is 7.29. The molecular weight excluding hydrogens is 304 g/mol. The first-order valence-corrected chi connectivity index (χ1v) is 8.29. The Morgan fingerprint density at radius 1 is 1.21 bits per heavy atom. The van der Waals surface area contributed by atoms with Gasteiger partial charge < -0.3 is 15.2 Å². The molecule has 0 spiro atoms. The van der Waals surface area contributed by atoms with Crippen LogP contribution in [0.1, 0.15) is 37.5 Å². The third kappa shape index (κ3) is 6.40. The average Bonchev–Trinajstić information content (AvgIpc) is 2.96. The smallest absolute Gasteiger partial charge is 0.314 e. The third-order valence-electron chi connectivity index (χ3n) is 3.68. The maximum atomic E-state index is 11.9. The number of hydrogen-bond acceptors (Lipinski definition) is 4. The van der Waals surface area contributed by atoms with E-state index in [0.717, 1.165) is 12.8 Å². The Labute approximate surface area is 143 Å². The van der Waals surface area contributed by atoms with Gasteiger partial charge in [-0.3, -0.25) is 0 Å². The summed E-state index contributed by atoms with van der Waals surface area (Å²) in [6, 6.07) is 10.2. The summed E-state index contributed by atoms with van der Waals surface area (Å²) in [7, 11) is 0. The van der Waals surface area contributed by atoms with E-state index in [1.165, 1.54) is 5.56 Å². The van der Waals surface area contributed by atoms with Gasteiger partial charge in [0.1, 0.15) is 0 Å². The summed E-state index contributed by atoms with van der Waals surface area (Å²) in [6.07, 6.45) is 2.35. The molecule has 0 bridgehead atoms. The van der Waals surface area contributed by atoms with Crippen LogP contribution in [0.3, 0.4) is 0 Å². The fraction of sp³-hybridized carbons (Fsp3) is 0.500. The van der Waals surface area contributed by atoms with Crippen LogP contribution >= 0.6 is 0 Å². The van der Waals surface area contributed by atoms with Crippen molar-refractivity contribution in [2.24, 2.45) is 5.41 Å². The summed E-state index contributed by atoms with van der Waals surface area (Å²) < 4.78 is 5.03. The van der Waals surface area contributed by atoms with Crippen LogP contribution in [0.5, 0.6) is 0 Å². The lowest BCUT2D eigenvalue weighted by molar-refractivity contribution is 0.233. The number of amides is 2. The Morgan fingerprint density at radius 3 is 2.62 bits per heavy atom. The van der Waals surface area contributed by atoms with Crippen molar-refractivity contribution in [1.82, 2.24) is 20.8 Å². The molecule has 0 radical (unpaired) electrons. The van der Waals surface area contributed by atoms with Gasteiger partial charge in [-0.2, -0.15) is 4.98 Å². The van der Waals surface area contributed by atoms with Crippen molar-refractivity contribution in [3.63, 3.8) is 0 Å². The molecule has 0 aliphatic carbocycles. The van der Waals surface area contributed by atoms with E-state index in [0.29, 0.717) is 31.2 Å². The number of aromatic nitrogens is 2. The van der Waals surface area contributed by atoms with Gasteiger partial charge in [0.15, 0.2) is 5.82 Å². The van der Waals surface area contributed by atoms with Crippen molar-refractivity contribution in [3.05, 3.63) is 47.6 Å². The molecule has 0 aliphatic heterocycles. The zero-order valence-corrected chi connectivity index (χ0v) is 14.6. The number of carbonyl (C=O) groups is 1. The number of urea groups is 1. The van der Waals surface area contributed by atoms with E-state index in [1.54, 1.807) is 6.92 Å². The van der Waals surface area contributed by atoms with Gasteiger partial charge in [0.25, 0.3) is 0 Å². The van der Waals surface area contributed by atoms with Crippen LogP contribution in [-0.2, 0) is 12.8 Å². The van der Waals surface area contributed by atoms with Gasteiger partial charge in [-0.25, -0.2) is 4.79 Å². The molecule has 1 aromatic heterocycles. The highest BCUT2D eigenvalue weighted by Crippen LogP contribution is 2.20. The fourth-order valence-corrected chi connectivity index (χ4v) is 2.48. The maximum Gasteiger partial charge on any atom is 0.314 e. The SMILES string of the molecule is Cc1noc(CCCNC(=O)NCC(C)(C)Cc2ccccc2)n1. The predicted octanol–water partition coefficient (Wildman–Crippen LogP) is 2.88. The molecule has 6 nitrogen and oxygen atoms in total. The van der Waals surface area contributed by atoms with Crippen molar-refractivity contribution in [2.75, 3.05) is 13.1 Å². The molecule has 2 aromatic rings. The quantitative estimate of drug-likeness (QED) is 0.729. The minimum absolute atomic E-state index is 0.0000216. The maximum absolute atomic E-state index is 11.9. The highest BCUT2D eigenvalue weighted by Gasteiger charge is 2.19. The second-order valence-corrected chi connectivity index (χ2v) is 6.77. The van der Waals surface area contributed by atoms with Crippen molar-refractivity contribution < 1.29 is 9.32 Å². The van der Waals surface area contributed by atoms with Crippen LogP contribution in [-0.4, -0.2) is 29.3 Å². The minimum atomic E-state index is -0.141. The lowest BCUT2D eigenvalue weighted by atomic mass is 9.86. The summed E-state index contributed by atoms with van der Waals surface area (Å²) in [4.78, 5) is 16.0. The number of nitrogens with one attached hydrogen (secondary N) is 2. The van der Waals surface area contributed by atoms with Crippen molar-refractivity contribution >= 4 is 6.03 Å². The fourth-order valence-electron chi connectivity index (χ4n) is 2.48. The van der Waals surface area contributed by atoms with Gasteiger partial charge in [-0.1, -0.05) is 49.3 Å². The summed E-state index contributed by atoms with van der Waals surface area (Å²) in [5.74, 6) is 1.25. The van der Waals surface area contributed by atoms with E-state index < -0.39 is 0 Å². The van der Waals surface area contributed by atoms with Crippen LogP contribution in [0.25, 0.3) is 0 Å². The molecule has 0 aliphatic rings. The van der Waals surface area contributed by atoms with E-state index in [-0.39, 0.29) is 11.4 Å². The standard InChI is InChI=1S/C18H26N4O2/c1-14-21-16(24-22-14)10-7-11-19-17(23)20-13-18(2,3)12-15-8-5-4-6-9-15/h4-6,8-9H,7,10-13H2,1-3H3,(H2,19,20,23). The Balaban J connectivity index is 1.63. The Morgan fingerprint density at radius 2 is 1.96 bits per heavy atom. The van der Waals surface area contributed by atoms with Gasteiger partial charge in [0, 0.05) is 19.5 Å². The highest BCUT2D eigenvalue weighted by molar-refractivity contribution is 5.73. The van der Waals surface area contributed by atoms with Gasteiger partial charge in [-0.05, 0) is 30.7 Å². The van der Waals surface area contributed by atoms with E-state index in [1.807, 2.05) is 18.2 Å². The molecule has 1 aromatic carbocycles. The zero-order valence-electron chi connectivity index (χ0n) is 14.6. The highest BCUT2D eigenvalue weighted by atomic mass is 16.5. The summed E-state index contributed by atoms with van der Waals surface area (Å²) >= 11 is 0. The molecule has 6 heteroatoms. The Hall–Kier alpha value is -2.37. The number of benzene rings is 1. The van der Waals surface area contributed by atoms with Crippen molar-refractivity contribution in [2.45, 2.75) is 40.0 Å². The number of hydrogen-bond donors (Lipinski definition) is 2. The molecule has 0 atom stereocenters. The minimum Gasteiger partial charge on any atom is -0.339 e. The van der Waals surface area contributed by atoms with Crippen LogP contribution in [0.4, 0.5) is 4.79 Å². The van der Waals surface area contributed by atoms with Crippen LogP contribution in [0.2, 0.25) is 0 Å². The molecule has 130 valence electrons. The first-order valence-electron chi connectivity index (χ1n) is 8.29. The molecule has 0 saturated carbocycles. The van der Waals surface area contributed by atoms with Gasteiger partial charge in [-0.15, -0.1) is 0 Å². The van der Waals surface area contributed by atoms with Gasteiger partial charge in [0.2, 0.25) is 5.89 Å². The van der Waals surface area contributed by atoms with E-state index in [2.05, 4.69) is 46.8 Å². The third-order valence-corrected chi connectivity index (χ3v) is 3.68. The molecular formula is C18H26N4O2. The average molecular weight is 330 g/mol. The topological polar surface area (TPSA) is 80.0 Å². The lowest BCUT2D eigenvalue weighted by Gasteiger charge is -2.25. The molecule has 1 heterocycles. The molecule has 2 rings (SSSR count). The Bertz CT molecular complexity index is 637. The van der Waals surface area contributed by atoms with E-state index in [4.69, 9.17) is 4.52 Å². The van der Waals surface area contributed by atoms with Gasteiger partial charge in [0.05, 0.1) is 0 Å². The second-order valence-electron chi connectivity index (χ2n) is 6.77. The number of rotatable bonds is 8. The number of aryl methyl sites for hydroxylation is 2. The summed E-state index contributed by atoms with van der Waals surface area (Å²) in [5, 5.41) is 9.54. The molecule has 0 fully saturated rings.